The first-order valence-electron chi connectivity index (χ1n) is 18.9. The minimum absolute atomic E-state index is 0.0297. The number of carbonyl (C=O) groups excluding carboxylic acids is 4. The third-order valence-corrected chi connectivity index (χ3v) is 15.2. The van der Waals surface area contributed by atoms with Crippen LogP contribution in [0.3, 0.4) is 0 Å². The van der Waals surface area contributed by atoms with Crippen molar-refractivity contribution in [1.29, 1.82) is 0 Å². The smallest absolute Gasteiger partial charge is 0.307 e. The van der Waals surface area contributed by atoms with Crippen LogP contribution in [0.2, 0.25) is 0 Å². The molecule has 0 amide bonds. The van der Waals surface area contributed by atoms with Gasteiger partial charge in [0.25, 0.3) is 0 Å². The number of fused-ring (bicyclic) bond motifs is 7. The number of hydrogen-bond acceptors (Lipinski definition) is 7. The summed E-state index contributed by atoms with van der Waals surface area (Å²) < 4.78 is 6.12. The molecule has 9 unspecified atom stereocenters. The van der Waals surface area contributed by atoms with E-state index in [-0.39, 0.29) is 52.4 Å². The molecule has 0 saturated heterocycles. The van der Waals surface area contributed by atoms with E-state index >= 15 is 0 Å². The topological polar surface area (TPSA) is 84.0 Å². The lowest BCUT2D eigenvalue weighted by molar-refractivity contribution is -0.215. The molecular weight excluding hydrogens is 600 g/mol. The summed E-state index contributed by atoms with van der Waals surface area (Å²) in [6.45, 7) is 20.8. The van der Waals surface area contributed by atoms with Crippen molar-refractivity contribution in [2.75, 3.05) is 20.6 Å². The number of ketones is 1. The number of nitrogens with zero attached hydrogens (tertiary/aromatic N) is 2. The Kier molecular flexibility index (Phi) is 9.86. The van der Waals surface area contributed by atoms with Crippen molar-refractivity contribution in [2.24, 2.45) is 56.7 Å². The normalized spacial score (nSPS) is 39.8. The molecule has 0 N–H and O–H groups in total. The van der Waals surface area contributed by atoms with Gasteiger partial charge in [0.2, 0.25) is 0 Å². The molecule has 0 aromatic carbocycles. The lowest BCUT2D eigenvalue weighted by Gasteiger charge is -2.71. The van der Waals surface area contributed by atoms with Gasteiger partial charge in [-0.05, 0) is 114 Å². The molecule has 0 aromatic heterocycles. The first-order valence-corrected chi connectivity index (χ1v) is 18.9. The van der Waals surface area contributed by atoms with Gasteiger partial charge in [0.15, 0.2) is 5.78 Å². The van der Waals surface area contributed by atoms with Gasteiger partial charge in [0, 0.05) is 43.6 Å². The summed E-state index contributed by atoms with van der Waals surface area (Å²) in [5.41, 5.74) is 2.49. The lowest BCUT2D eigenvalue weighted by Crippen LogP contribution is -2.64. The van der Waals surface area contributed by atoms with E-state index in [1.807, 2.05) is 0 Å². The molecule has 0 spiro atoms. The number of hydrogen-bond donors (Lipinski definition) is 0. The fourth-order valence-electron chi connectivity index (χ4n) is 12.4. The van der Waals surface area contributed by atoms with Gasteiger partial charge < -0.3 is 14.5 Å². The number of rotatable bonds is 10. The predicted octanol–water partition coefficient (Wildman–Crippen LogP) is 7.99. The molecule has 48 heavy (non-hydrogen) atoms. The van der Waals surface area contributed by atoms with Crippen LogP contribution in [0.1, 0.15) is 127 Å². The zero-order valence-electron chi connectivity index (χ0n) is 31.9. The van der Waals surface area contributed by atoms with Gasteiger partial charge in [0.1, 0.15) is 18.7 Å². The number of ether oxygens (including phenoxy) is 1. The van der Waals surface area contributed by atoms with Crippen molar-refractivity contribution in [2.45, 2.75) is 133 Å². The van der Waals surface area contributed by atoms with Crippen LogP contribution in [0.5, 0.6) is 0 Å². The molecule has 4 fully saturated rings. The maximum Gasteiger partial charge on any atom is 0.307 e. The van der Waals surface area contributed by atoms with Crippen LogP contribution in [0.4, 0.5) is 0 Å². The quantitative estimate of drug-likeness (QED) is 0.101. The Bertz CT molecular complexity index is 1380. The van der Waals surface area contributed by atoms with Crippen molar-refractivity contribution >= 4 is 24.3 Å². The molecule has 7 heteroatoms. The number of allylic oxidation sites excluding steroid dienone is 3. The number of Topliss-reactive ketones (excluding diaryl/α,β-unsaturated/α-hetero) is 1. The summed E-state index contributed by atoms with van der Waals surface area (Å²) in [5.74, 6) is 1.74. The number of esters is 1. The molecule has 4 saturated carbocycles. The van der Waals surface area contributed by atoms with Gasteiger partial charge in [-0.15, -0.1) is 0 Å². The summed E-state index contributed by atoms with van der Waals surface area (Å²) in [6, 6.07) is 0. The van der Waals surface area contributed by atoms with Crippen LogP contribution in [0.15, 0.2) is 22.9 Å². The third-order valence-electron chi connectivity index (χ3n) is 15.2. The summed E-state index contributed by atoms with van der Waals surface area (Å²) in [7, 11) is 4.11. The number of hydrazine groups is 1. The number of aldehydes is 2. The first kappa shape index (κ1) is 37.0. The number of carbonyl (C=O) groups is 4. The Morgan fingerprint density at radius 3 is 2.29 bits per heavy atom. The minimum Gasteiger partial charge on any atom is -0.462 e. The van der Waals surface area contributed by atoms with Gasteiger partial charge in [0.05, 0.1) is 6.42 Å². The van der Waals surface area contributed by atoms with Crippen molar-refractivity contribution in [3.8, 4) is 0 Å². The van der Waals surface area contributed by atoms with Crippen LogP contribution < -0.4 is 0 Å². The Morgan fingerprint density at radius 2 is 1.69 bits per heavy atom. The minimum atomic E-state index is -0.707. The molecule has 9 atom stereocenters. The van der Waals surface area contributed by atoms with Gasteiger partial charge >= 0.3 is 5.97 Å². The molecule has 5 rings (SSSR count). The SMILES string of the molecule is CCN(C)N(C)/C(=C\C=O)C12CCC3(C)C(CCC4C5(C)CCC(OC(=O)CC(C)(C)C=O)C(C)C5CCC43C)C1=C(C(C)C)C(=O)C2. The van der Waals surface area contributed by atoms with Gasteiger partial charge in [-0.1, -0.05) is 62.3 Å². The molecule has 5 aliphatic carbocycles. The van der Waals surface area contributed by atoms with E-state index in [9.17, 15) is 19.2 Å². The first-order chi connectivity index (χ1) is 22.4. The second-order valence-corrected chi connectivity index (χ2v) is 18.2. The molecule has 0 aliphatic heterocycles. The zero-order chi connectivity index (χ0) is 35.6. The average molecular weight is 665 g/mol. The highest BCUT2D eigenvalue weighted by Crippen LogP contribution is 2.76. The van der Waals surface area contributed by atoms with E-state index in [4.69, 9.17) is 4.74 Å². The van der Waals surface area contributed by atoms with E-state index in [2.05, 4.69) is 72.6 Å². The summed E-state index contributed by atoms with van der Waals surface area (Å²) in [5, 5.41) is 4.28. The van der Waals surface area contributed by atoms with E-state index in [1.165, 1.54) is 5.57 Å². The summed E-state index contributed by atoms with van der Waals surface area (Å²) >= 11 is 0. The van der Waals surface area contributed by atoms with Crippen LogP contribution in [-0.2, 0) is 23.9 Å². The Balaban J connectivity index is 1.50. The Hall–Kier alpha value is -2.28. The Morgan fingerprint density at radius 1 is 1.00 bits per heavy atom. The highest BCUT2D eigenvalue weighted by atomic mass is 16.5. The van der Waals surface area contributed by atoms with Crippen LogP contribution in [-0.4, -0.2) is 61.1 Å². The second-order valence-electron chi connectivity index (χ2n) is 18.2. The molecule has 5 aliphatic rings. The zero-order valence-corrected chi connectivity index (χ0v) is 31.9. The highest BCUT2D eigenvalue weighted by molar-refractivity contribution is 6.01. The van der Waals surface area contributed by atoms with Gasteiger partial charge in [-0.2, -0.15) is 0 Å². The lowest BCUT2D eigenvalue weighted by atomic mass is 9.34. The predicted molar refractivity (Wildman–Crippen MR) is 189 cm³/mol. The fourth-order valence-corrected chi connectivity index (χ4v) is 12.4. The monoisotopic (exact) mass is 664 g/mol. The van der Waals surface area contributed by atoms with Crippen molar-refractivity contribution in [3.63, 3.8) is 0 Å². The summed E-state index contributed by atoms with van der Waals surface area (Å²) in [4.78, 5) is 50.7. The highest BCUT2D eigenvalue weighted by Gasteiger charge is 2.69. The maximum atomic E-state index is 14.1. The molecular formula is C41H64N2O5. The second kappa shape index (κ2) is 12.8. The molecule has 268 valence electrons. The fraction of sp³-hybridized carbons (Fsp3) is 0.805. The average Bonchev–Trinajstić information content (AvgIpc) is 3.33. The standard InChI is InChI=1S/C41H64N2O5/c1-12-42(10)43(11)33(17-22-44)41-21-20-39(8)29(36(41)35(26(2)3)30(46)23-41)13-14-32-38(7)18-16-31(48-34(47)24-37(5,6)25-45)27(4)28(38)15-19-40(32,39)9/h17,22,25-29,31-32H,12-16,18-21,23-24H2,1-11H3/b33-17-. The van der Waals surface area contributed by atoms with E-state index in [0.29, 0.717) is 24.2 Å². The van der Waals surface area contributed by atoms with Crippen molar-refractivity contribution < 1.29 is 23.9 Å². The van der Waals surface area contributed by atoms with Crippen molar-refractivity contribution in [1.82, 2.24) is 10.0 Å². The maximum absolute atomic E-state index is 14.1. The van der Waals surface area contributed by atoms with Crippen LogP contribution in [0, 0.1) is 56.7 Å². The molecule has 0 radical (unpaired) electrons. The molecule has 0 aromatic rings. The van der Waals surface area contributed by atoms with E-state index < -0.39 is 10.8 Å². The Labute approximate surface area is 290 Å². The molecule has 7 nitrogen and oxygen atoms in total. The largest absolute Gasteiger partial charge is 0.462 e. The van der Waals surface area contributed by atoms with Gasteiger partial charge in [-0.3, -0.25) is 14.4 Å². The van der Waals surface area contributed by atoms with Crippen LogP contribution >= 0.6 is 0 Å². The molecule has 0 bridgehead atoms. The van der Waals surface area contributed by atoms with Crippen molar-refractivity contribution in [3.05, 3.63) is 22.9 Å². The third kappa shape index (κ3) is 5.48. The van der Waals surface area contributed by atoms with Crippen LogP contribution in [0.25, 0.3) is 0 Å². The van der Waals surface area contributed by atoms with E-state index in [1.54, 1.807) is 19.9 Å². The van der Waals surface area contributed by atoms with E-state index in [0.717, 1.165) is 81.8 Å². The van der Waals surface area contributed by atoms with Gasteiger partial charge in [-0.25, -0.2) is 5.01 Å². The molecule has 0 heterocycles. The summed E-state index contributed by atoms with van der Waals surface area (Å²) in [6.07, 6.45) is 12.3.